The highest BCUT2D eigenvalue weighted by atomic mass is 16.2. The van der Waals surface area contributed by atoms with E-state index >= 15 is 0 Å². The number of nitrogens with zero attached hydrogens (tertiary/aromatic N) is 6. The van der Waals surface area contributed by atoms with Crippen molar-refractivity contribution in [3.63, 3.8) is 0 Å². The Balaban J connectivity index is 1.66. The van der Waals surface area contributed by atoms with Crippen LogP contribution in [0.2, 0.25) is 0 Å². The van der Waals surface area contributed by atoms with Crippen molar-refractivity contribution in [2.45, 2.75) is 46.2 Å². The average molecular weight is 397 g/mol. The number of carbonyl (C=O) groups is 2. The molecule has 4 heterocycles. The van der Waals surface area contributed by atoms with Crippen LogP contribution in [-0.4, -0.2) is 68.0 Å². The van der Waals surface area contributed by atoms with E-state index in [0.717, 1.165) is 42.9 Å². The molecular formula is C20H27N7O2. The maximum atomic E-state index is 13.1. The molecule has 1 N–H and O–H groups in total. The third-order valence-electron chi connectivity index (χ3n) is 5.67. The summed E-state index contributed by atoms with van der Waals surface area (Å²) in [4.78, 5) is 38.9. The van der Waals surface area contributed by atoms with E-state index in [1.807, 2.05) is 18.7 Å². The number of aromatic nitrogens is 4. The molecule has 2 aromatic rings. The molecule has 2 aromatic heterocycles. The van der Waals surface area contributed by atoms with E-state index < -0.39 is 0 Å². The first kappa shape index (κ1) is 19.4. The second-order valence-electron chi connectivity index (χ2n) is 7.53. The van der Waals surface area contributed by atoms with Gasteiger partial charge in [0.05, 0.1) is 23.5 Å². The summed E-state index contributed by atoms with van der Waals surface area (Å²) in [6, 6.07) is 0. The molecule has 1 saturated heterocycles. The number of fused-ring (bicyclic) bond motifs is 1. The normalized spacial score (nSPS) is 16.1. The number of hydrogen-bond donors (Lipinski definition) is 1. The van der Waals surface area contributed by atoms with E-state index in [-0.39, 0.29) is 11.8 Å². The maximum Gasteiger partial charge on any atom is 0.273 e. The molecule has 0 bridgehead atoms. The Morgan fingerprint density at radius 2 is 1.86 bits per heavy atom. The Kier molecular flexibility index (Phi) is 5.21. The SMILES string of the molecule is CCn1cc(C(=O)N2CCc3nc(NC)nc(C(=O)N4CCCC4)c3C2)c(C)n1. The Morgan fingerprint density at radius 3 is 2.52 bits per heavy atom. The molecule has 154 valence electrons. The van der Waals surface area contributed by atoms with Crippen molar-refractivity contribution < 1.29 is 9.59 Å². The molecule has 9 heteroatoms. The highest BCUT2D eigenvalue weighted by Gasteiger charge is 2.31. The highest BCUT2D eigenvalue weighted by Crippen LogP contribution is 2.25. The minimum Gasteiger partial charge on any atom is -0.357 e. The Hall–Kier alpha value is -2.97. The molecule has 0 radical (unpaired) electrons. The van der Waals surface area contributed by atoms with E-state index in [0.29, 0.717) is 43.3 Å². The fourth-order valence-corrected chi connectivity index (χ4v) is 4.01. The molecule has 9 nitrogen and oxygen atoms in total. The minimum absolute atomic E-state index is 0.0647. The fourth-order valence-electron chi connectivity index (χ4n) is 4.01. The van der Waals surface area contributed by atoms with Crippen molar-refractivity contribution in [3.8, 4) is 0 Å². The summed E-state index contributed by atoms with van der Waals surface area (Å²) in [6.07, 6.45) is 4.43. The molecule has 0 saturated carbocycles. The van der Waals surface area contributed by atoms with Gasteiger partial charge < -0.3 is 15.1 Å². The van der Waals surface area contributed by atoms with E-state index in [1.165, 1.54) is 0 Å². The molecule has 0 atom stereocenters. The van der Waals surface area contributed by atoms with Gasteiger partial charge in [-0.1, -0.05) is 0 Å². The van der Waals surface area contributed by atoms with Gasteiger partial charge in [0.25, 0.3) is 11.8 Å². The van der Waals surface area contributed by atoms with E-state index in [2.05, 4.69) is 20.4 Å². The summed E-state index contributed by atoms with van der Waals surface area (Å²) in [6.45, 7) is 6.96. The number of aryl methyl sites for hydroxylation is 2. The quantitative estimate of drug-likeness (QED) is 0.839. The average Bonchev–Trinajstić information content (AvgIpc) is 3.41. The van der Waals surface area contributed by atoms with E-state index in [4.69, 9.17) is 0 Å². The lowest BCUT2D eigenvalue weighted by atomic mass is 10.0. The number of likely N-dealkylation sites (tertiary alicyclic amines) is 1. The summed E-state index contributed by atoms with van der Waals surface area (Å²) < 4.78 is 1.77. The molecule has 2 amide bonds. The summed E-state index contributed by atoms with van der Waals surface area (Å²) in [5, 5.41) is 7.34. The third-order valence-corrected chi connectivity index (χ3v) is 5.67. The van der Waals surface area contributed by atoms with Crippen LogP contribution in [0.15, 0.2) is 6.20 Å². The van der Waals surface area contributed by atoms with Crippen molar-refractivity contribution in [1.29, 1.82) is 0 Å². The van der Waals surface area contributed by atoms with Crippen LogP contribution in [0.1, 0.15) is 57.6 Å². The second kappa shape index (κ2) is 7.81. The first-order valence-corrected chi connectivity index (χ1v) is 10.2. The van der Waals surface area contributed by atoms with Gasteiger partial charge in [-0.05, 0) is 26.7 Å². The van der Waals surface area contributed by atoms with Crippen LogP contribution >= 0.6 is 0 Å². The van der Waals surface area contributed by atoms with Crippen LogP contribution in [-0.2, 0) is 19.5 Å². The topological polar surface area (TPSA) is 96.2 Å². The van der Waals surface area contributed by atoms with E-state index in [9.17, 15) is 9.59 Å². The van der Waals surface area contributed by atoms with Gasteiger partial charge in [-0.15, -0.1) is 0 Å². The van der Waals surface area contributed by atoms with Crippen LogP contribution in [0.3, 0.4) is 0 Å². The molecule has 1 fully saturated rings. The molecule has 0 unspecified atom stereocenters. The Labute approximate surface area is 170 Å². The van der Waals surface area contributed by atoms with Gasteiger partial charge in [-0.25, -0.2) is 9.97 Å². The molecule has 0 aliphatic carbocycles. The van der Waals surface area contributed by atoms with Crippen LogP contribution < -0.4 is 5.32 Å². The molecule has 4 rings (SSSR count). The smallest absolute Gasteiger partial charge is 0.273 e. The maximum absolute atomic E-state index is 13.1. The van der Waals surface area contributed by atoms with Crippen molar-refractivity contribution in [2.75, 3.05) is 32.0 Å². The fraction of sp³-hybridized carbons (Fsp3) is 0.550. The number of anilines is 1. The zero-order chi connectivity index (χ0) is 20.5. The molecular weight excluding hydrogens is 370 g/mol. The number of amides is 2. The number of carbonyl (C=O) groups excluding carboxylic acids is 2. The standard InChI is InChI=1S/C20H27N7O2/c1-4-27-12-14(13(2)24-27)18(28)26-10-7-16-15(11-26)17(23-20(21-3)22-16)19(29)25-8-5-6-9-25/h12H,4-11H2,1-3H3,(H,21,22,23). The minimum atomic E-state index is -0.0677. The van der Waals surface area contributed by atoms with Gasteiger partial charge in [0, 0.05) is 51.4 Å². The van der Waals surface area contributed by atoms with Crippen LogP contribution in [0.4, 0.5) is 5.95 Å². The summed E-state index contributed by atoms with van der Waals surface area (Å²) >= 11 is 0. The lowest BCUT2D eigenvalue weighted by Crippen LogP contribution is -2.39. The highest BCUT2D eigenvalue weighted by molar-refractivity contribution is 5.97. The van der Waals surface area contributed by atoms with Crippen molar-refractivity contribution in [3.05, 3.63) is 34.4 Å². The number of nitrogens with one attached hydrogen (secondary N) is 1. The largest absolute Gasteiger partial charge is 0.357 e. The van der Waals surface area contributed by atoms with Gasteiger partial charge >= 0.3 is 0 Å². The van der Waals surface area contributed by atoms with Crippen molar-refractivity contribution >= 4 is 17.8 Å². The monoisotopic (exact) mass is 397 g/mol. The van der Waals surface area contributed by atoms with Gasteiger partial charge in [-0.2, -0.15) is 5.10 Å². The number of hydrogen-bond acceptors (Lipinski definition) is 6. The lowest BCUT2D eigenvalue weighted by molar-refractivity contribution is 0.0718. The van der Waals surface area contributed by atoms with Gasteiger partial charge in [0.1, 0.15) is 5.69 Å². The zero-order valence-corrected chi connectivity index (χ0v) is 17.2. The van der Waals surface area contributed by atoms with Crippen molar-refractivity contribution in [2.24, 2.45) is 0 Å². The molecule has 29 heavy (non-hydrogen) atoms. The molecule has 2 aliphatic heterocycles. The first-order chi connectivity index (χ1) is 14.0. The third kappa shape index (κ3) is 3.56. The molecule has 0 aromatic carbocycles. The Morgan fingerprint density at radius 1 is 1.10 bits per heavy atom. The van der Waals surface area contributed by atoms with Gasteiger partial charge in [0.2, 0.25) is 5.95 Å². The predicted octanol–water partition coefficient (Wildman–Crippen LogP) is 1.48. The van der Waals surface area contributed by atoms with Gasteiger partial charge in [0.15, 0.2) is 0 Å². The lowest BCUT2D eigenvalue weighted by Gasteiger charge is -2.30. The molecule has 0 spiro atoms. The summed E-state index contributed by atoms with van der Waals surface area (Å²) in [5.41, 5.74) is 3.35. The zero-order valence-electron chi connectivity index (χ0n) is 17.2. The van der Waals surface area contributed by atoms with Crippen LogP contribution in [0.5, 0.6) is 0 Å². The van der Waals surface area contributed by atoms with E-state index in [1.54, 1.807) is 22.8 Å². The first-order valence-electron chi connectivity index (χ1n) is 10.2. The van der Waals surface area contributed by atoms with Gasteiger partial charge in [-0.3, -0.25) is 14.3 Å². The molecule has 2 aliphatic rings. The van der Waals surface area contributed by atoms with Crippen LogP contribution in [0, 0.1) is 6.92 Å². The predicted molar refractivity (Wildman–Crippen MR) is 108 cm³/mol. The second-order valence-corrected chi connectivity index (χ2v) is 7.53. The summed E-state index contributed by atoms with van der Waals surface area (Å²) in [5.74, 6) is 0.318. The number of rotatable bonds is 4. The van der Waals surface area contributed by atoms with Crippen LogP contribution in [0.25, 0.3) is 0 Å². The van der Waals surface area contributed by atoms with Crippen molar-refractivity contribution in [1.82, 2.24) is 29.5 Å². The Bertz CT molecular complexity index is 947. The summed E-state index contributed by atoms with van der Waals surface area (Å²) in [7, 11) is 1.75.